The van der Waals surface area contributed by atoms with E-state index in [1.165, 1.54) is 11.6 Å². The molecule has 0 fully saturated rings. The molecule has 1 nitrogen and oxygen atoms in total. The van der Waals surface area contributed by atoms with Gasteiger partial charge in [-0.2, -0.15) is 0 Å². The average Bonchev–Trinajstić information content (AvgIpc) is 2.28. The predicted molar refractivity (Wildman–Crippen MR) is 72.8 cm³/mol. The molecule has 0 saturated carbocycles. The summed E-state index contributed by atoms with van der Waals surface area (Å²) >= 11 is 5.75. The van der Waals surface area contributed by atoms with Gasteiger partial charge in [-0.1, -0.05) is 50.1 Å². The molecule has 0 bridgehead atoms. The number of halogens is 2. The van der Waals surface area contributed by atoms with Gasteiger partial charge in [0.15, 0.2) is 0 Å². The minimum absolute atomic E-state index is 0.172. The van der Waals surface area contributed by atoms with Gasteiger partial charge in [-0.3, -0.25) is 0 Å². The van der Waals surface area contributed by atoms with E-state index in [0.717, 1.165) is 18.5 Å². The van der Waals surface area contributed by atoms with Gasteiger partial charge < -0.3 is 5.32 Å². The molecule has 0 spiro atoms. The third-order valence-electron chi connectivity index (χ3n) is 2.51. The highest BCUT2D eigenvalue weighted by atomic mass is 35.5. The minimum atomic E-state index is -0.373. The van der Waals surface area contributed by atoms with Crippen LogP contribution >= 0.6 is 11.6 Å². The Bertz CT molecular complexity index is 399. The molecule has 0 aromatic heterocycles. The number of rotatable bonds is 5. The molecule has 94 valence electrons. The first-order valence-electron chi connectivity index (χ1n) is 5.90. The Morgan fingerprint density at radius 2 is 2.18 bits per heavy atom. The molecule has 1 rings (SSSR count). The van der Waals surface area contributed by atoms with Crippen LogP contribution in [0, 0.1) is 5.82 Å². The highest BCUT2D eigenvalue weighted by Gasteiger charge is 2.01. The second kappa shape index (κ2) is 6.77. The Morgan fingerprint density at radius 1 is 1.47 bits per heavy atom. The van der Waals surface area contributed by atoms with Crippen LogP contribution in [0.5, 0.6) is 0 Å². The standard InChI is InChI=1S/C14H19ClFN/c1-4-11(9-17-10(2)3)7-12-5-6-14(16)13(15)8-12/h5-8,10,17H,4,9H2,1-3H3/b11-7-. The van der Waals surface area contributed by atoms with E-state index in [1.807, 2.05) is 0 Å². The summed E-state index contributed by atoms with van der Waals surface area (Å²) < 4.78 is 13.0. The lowest BCUT2D eigenvalue weighted by molar-refractivity contribution is 0.617. The van der Waals surface area contributed by atoms with E-state index in [-0.39, 0.29) is 10.8 Å². The summed E-state index contributed by atoms with van der Waals surface area (Å²) in [5.74, 6) is -0.373. The summed E-state index contributed by atoms with van der Waals surface area (Å²) in [5.41, 5.74) is 2.22. The Labute approximate surface area is 108 Å². The monoisotopic (exact) mass is 255 g/mol. The molecule has 1 aromatic rings. The SMILES string of the molecule is CC/C(=C/c1ccc(F)c(Cl)c1)CNC(C)C. The molecule has 17 heavy (non-hydrogen) atoms. The van der Waals surface area contributed by atoms with Gasteiger partial charge in [0.05, 0.1) is 5.02 Å². The maximum atomic E-state index is 13.0. The fourth-order valence-corrected chi connectivity index (χ4v) is 1.64. The van der Waals surface area contributed by atoms with Crippen LogP contribution in [0.4, 0.5) is 4.39 Å². The first-order valence-corrected chi connectivity index (χ1v) is 6.28. The Morgan fingerprint density at radius 3 is 2.71 bits per heavy atom. The molecule has 0 saturated heterocycles. The van der Waals surface area contributed by atoms with Gasteiger partial charge in [0, 0.05) is 12.6 Å². The molecular formula is C14H19ClFN. The van der Waals surface area contributed by atoms with Crippen molar-refractivity contribution in [2.75, 3.05) is 6.54 Å². The fraction of sp³-hybridized carbons (Fsp3) is 0.429. The van der Waals surface area contributed by atoms with Crippen LogP contribution < -0.4 is 5.32 Å². The van der Waals surface area contributed by atoms with E-state index in [4.69, 9.17) is 11.6 Å². The molecule has 0 atom stereocenters. The zero-order chi connectivity index (χ0) is 12.8. The van der Waals surface area contributed by atoms with Crippen molar-refractivity contribution >= 4 is 17.7 Å². The third kappa shape index (κ3) is 4.88. The lowest BCUT2D eigenvalue weighted by atomic mass is 10.1. The lowest BCUT2D eigenvalue weighted by Gasteiger charge is -2.10. The molecular weight excluding hydrogens is 237 g/mol. The Balaban J connectivity index is 2.79. The van der Waals surface area contributed by atoms with Crippen molar-refractivity contribution in [2.45, 2.75) is 33.2 Å². The van der Waals surface area contributed by atoms with Crippen molar-refractivity contribution in [1.29, 1.82) is 0 Å². The fourth-order valence-electron chi connectivity index (χ4n) is 1.45. The number of hydrogen-bond donors (Lipinski definition) is 1. The van der Waals surface area contributed by atoms with Gasteiger partial charge in [-0.25, -0.2) is 4.39 Å². The van der Waals surface area contributed by atoms with E-state index in [0.29, 0.717) is 6.04 Å². The van der Waals surface area contributed by atoms with Gasteiger partial charge in [0.25, 0.3) is 0 Å². The van der Waals surface area contributed by atoms with E-state index in [2.05, 4.69) is 32.2 Å². The van der Waals surface area contributed by atoms with Gasteiger partial charge in [-0.05, 0) is 24.1 Å². The molecule has 1 N–H and O–H groups in total. The maximum Gasteiger partial charge on any atom is 0.141 e. The van der Waals surface area contributed by atoms with Gasteiger partial charge in [0.1, 0.15) is 5.82 Å². The van der Waals surface area contributed by atoms with Crippen molar-refractivity contribution in [2.24, 2.45) is 0 Å². The molecule has 0 aliphatic rings. The van der Waals surface area contributed by atoms with Crippen LogP contribution in [0.1, 0.15) is 32.8 Å². The van der Waals surface area contributed by atoms with Crippen LogP contribution in [0.2, 0.25) is 5.02 Å². The van der Waals surface area contributed by atoms with Crippen molar-refractivity contribution in [3.63, 3.8) is 0 Å². The summed E-state index contributed by atoms with van der Waals surface area (Å²) in [4.78, 5) is 0. The van der Waals surface area contributed by atoms with E-state index < -0.39 is 0 Å². The maximum absolute atomic E-state index is 13.0. The van der Waals surface area contributed by atoms with E-state index >= 15 is 0 Å². The average molecular weight is 256 g/mol. The molecule has 0 heterocycles. The number of nitrogens with one attached hydrogen (secondary N) is 1. The summed E-state index contributed by atoms with van der Waals surface area (Å²) in [6, 6.07) is 5.26. The summed E-state index contributed by atoms with van der Waals surface area (Å²) in [6.45, 7) is 7.19. The summed E-state index contributed by atoms with van der Waals surface area (Å²) in [5, 5.41) is 3.54. The highest BCUT2D eigenvalue weighted by Crippen LogP contribution is 2.18. The number of hydrogen-bond acceptors (Lipinski definition) is 1. The van der Waals surface area contributed by atoms with Gasteiger partial charge >= 0.3 is 0 Å². The number of benzene rings is 1. The molecule has 0 aliphatic heterocycles. The molecule has 3 heteroatoms. The van der Waals surface area contributed by atoms with Crippen LogP contribution in [-0.4, -0.2) is 12.6 Å². The van der Waals surface area contributed by atoms with Crippen molar-refractivity contribution in [3.8, 4) is 0 Å². The van der Waals surface area contributed by atoms with Crippen LogP contribution in [0.25, 0.3) is 6.08 Å². The third-order valence-corrected chi connectivity index (χ3v) is 2.80. The zero-order valence-corrected chi connectivity index (χ0v) is 11.3. The van der Waals surface area contributed by atoms with Crippen molar-refractivity contribution in [1.82, 2.24) is 5.32 Å². The van der Waals surface area contributed by atoms with Crippen molar-refractivity contribution < 1.29 is 4.39 Å². The second-order valence-electron chi connectivity index (χ2n) is 4.37. The predicted octanol–water partition coefficient (Wildman–Crippen LogP) is 4.27. The van der Waals surface area contributed by atoms with Crippen LogP contribution in [0.15, 0.2) is 23.8 Å². The second-order valence-corrected chi connectivity index (χ2v) is 4.77. The van der Waals surface area contributed by atoms with Crippen LogP contribution in [0.3, 0.4) is 0 Å². The Hall–Kier alpha value is -0.860. The smallest absolute Gasteiger partial charge is 0.141 e. The molecule has 0 aliphatic carbocycles. The highest BCUT2D eigenvalue weighted by molar-refractivity contribution is 6.30. The van der Waals surface area contributed by atoms with Crippen LogP contribution in [-0.2, 0) is 0 Å². The van der Waals surface area contributed by atoms with Gasteiger partial charge in [0.2, 0.25) is 0 Å². The lowest BCUT2D eigenvalue weighted by Crippen LogP contribution is -2.24. The summed E-state index contributed by atoms with van der Waals surface area (Å²) in [7, 11) is 0. The first-order chi connectivity index (χ1) is 8.02. The minimum Gasteiger partial charge on any atom is -0.311 e. The van der Waals surface area contributed by atoms with E-state index in [9.17, 15) is 4.39 Å². The molecule has 0 amide bonds. The normalized spacial score (nSPS) is 12.2. The van der Waals surface area contributed by atoms with E-state index in [1.54, 1.807) is 12.1 Å². The van der Waals surface area contributed by atoms with Gasteiger partial charge in [-0.15, -0.1) is 0 Å². The zero-order valence-electron chi connectivity index (χ0n) is 10.6. The largest absolute Gasteiger partial charge is 0.311 e. The van der Waals surface area contributed by atoms with Crippen molar-refractivity contribution in [3.05, 3.63) is 40.2 Å². The quantitative estimate of drug-likeness (QED) is 0.829. The molecule has 0 unspecified atom stereocenters. The molecule has 1 aromatic carbocycles. The Kier molecular flexibility index (Phi) is 5.66. The topological polar surface area (TPSA) is 12.0 Å². The first kappa shape index (κ1) is 14.2. The molecule has 0 radical (unpaired) electrons. The summed E-state index contributed by atoms with van der Waals surface area (Å²) in [6.07, 6.45) is 3.02.